The van der Waals surface area contributed by atoms with E-state index < -0.39 is 0 Å². The molecule has 0 aliphatic heterocycles. The molecule has 0 fully saturated rings. The van der Waals surface area contributed by atoms with Crippen LogP contribution < -0.4 is 10.1 Å². The second-order valence-corrected chi connectivity index (χ2v) is 6.39. The first kappa shape index (κ1) is 16.9. The van der Waals surface area contributed by atoms with Gasteiger partial charge in [-0.2, -0.15) is 0 Å². The van der Waals surface area contributed by atoms with E-state index in [1.54, 1.807) is 24.4 Å². The molecule has 0 bridgehead atoms. The molecule has 1 N–H and O–H groups in total. The van der Waals surface area contributed by atoms with Crippen LogP contribution in [0.2, 0.25) is 0 Å². The van der Waals surface area contributed by atoms with E-state index >= 15 is 0 Å². The van der Waals surface area contributed by atoms with E-state index in [0.717, 1.165) is 11.3 Å². The fourth-order valence-electron chi connectivity index (χ4n) is 2.39. The number of ether oxygens (including phenoxy) is 1. The summed E-state index contributed by atoms with van der Waals surface area (Å²) in [7, 11) is 0. The number of hydrogen-bond donors (Lipinski definition) is 1. The number of hydrogen-bond acceptors (Lipinski definition) is 7. The molecule has 0 unspecified atom stereocenters. The van der Waals surface area contributed by atoms with Gasteiger partial charge in [-0.15, -0.1) is 5.10 Å². The van der Waals surface area contributed by atoms with Crippen molar-refractivity contribution in [1.29, 1.82) is 0 Å². The highest BCUT2D eigenvalue weighted by atomic mass is 32.1. The number of tetrazole rings is 1. The minimum Gasteiger partial charge on any atom is -0.431 e. The van der Waals surface area contributed by atoms with E-state index in [1.165, 1.54) is 22.3 Å². The van der Waals surface area contributed by atoms with Crippen LogP contribution in [0.5, 0.6) is 10.9 Å². The van der Waals surface area contributed by atoms with Gasteiger partial charge in [-0.1, -0.05) is 29.5 Å². The van der Waals surface area contributed by atoms with Crippen LogP contribution in [0.1, 0.15) is 15.9 Å². The first-order valence-corrected chi connectivity index (χ1v) is 8.94. The smallest absolute Gasteiger partial charge is 0.278 e. The number of thiazole rings is 1. The van der Waals surface area contributed by atoms with Gasteiger partial charge in [0.05, 0.1) is 5.69 Å². The molecule has 4 aromatic rings. The van der Waals surface area contributed by atoms with Crippen LogP contribution in [0.4, 0.5) is 0 Å². The number of aromatic nitrogens is 5. The molecular formula is C18H14N6O2S. The average Bonchev–Trinajstić information content (AvgIpc) is 3.41. The number of nitrogens with zero attached hydrogens (tertiary/aromatic N) is 5. The Morgan fingerprint density at radius 1 is 1.19 bits per heavy atom. The number of amides is 1. The molecule has 1 amide bonds. The summed E-state index contributed by atoms with van der Waals surface area (Å²) < 4.78 is 7.12. The van der Waals surface area contributed by atoms with Crippen molar-refractivity contribution in [2.45, 2.75) is 6.54 Å². The quantitative estimate of drug-likeness (QED) is 0.554. The highest BCUT2D eigenvalue weighted by Gasteiger charge is 2.08. The Balaban J connectivity index is 1.37. The van der Waals surface area contributed by atoms with E-state index in [9.17, 15) is 4.79 Å². The lowest BCUT2D eigenvalue weighted by Gasteiger charge is -2.08. The van der Waals surface area contributed by atoms with Crippen molar-refractivity contribution < 1.29 is 9.53 Å². The lowest BCUT2D eigenvalue weighted by atomic mass is 10.1. The number of carbonyl (C=O) groups excluding carboxylic acids is 1. The van der Waals surface area contributed by atoms with Crippen LogP contribution >= 0.6 is 11.3 Å². The van der Waals surface area contributed by atoms with Crippen LogP contribution in [0, 0.1) is 0 Å². The molecule has 2 aromatic heterocycles. The van der Waals surface area contributed by atoms with Crippen molar-refractivity contribution >= 4 is 17.2 Å². The van der Waals surface area contributed by atoms with Gasteiger partial charge in [0.2, 0.25) is 0 Å². The summed E-state index contributed by atoms with van der Waals surface area (Å²) in [5.41, 5.74) is 2.22. The number of benzene rings is 2. The molecule has 4 rings (SSSR count). The van der Waals surface area contributed by atoms with Gasteiger partial charge in [0.15, 0.2) is 0 Å². The summed E-state index contributed by atoms with van der Waals surface area (Å²) in [6, 6.07) is 14.6. The molecule has 0 saturated heterocycles. The third kappa shape index (κ3) is 4.15. The molecule has 0 radical (unpaired) electrons. The zero-order chi connectivity index (χ0) is 18.5. The van der Waals surface area contributed by atoms with Crippen LogP contribution in [0.3, 0.4) is 0 Å². The standard InChI is InChI=1S/C18H14N6O2S/c25-17(14-2-1-3-15(10-14)24-12-21-22-23-24)20-11-13-4-6-16(7-5-13)26-18-19-8-9-27-18/h1-10,12H,11H2,(H,20,25). The van der Waals surface area contributed by atoms with Gasteiger partial charge < -0.3 is 10.1 Å². The Labute approximate surface area is 158 Å². The zero-order valence-corrected chi connectivity index (χ0v) is 14.8. The molecular weight excluding hydrogens is 364 g/mol. The normalized spacial score (nSPS) is 10.5. The van der Waals surface area contributed by atoms with Gasteiger partial charge in [0, 0.05) is 23.7 Å². The van der Waals surface area contributed by atoms with Crippen molar-refractivity contribution in [3.63, 3.8) is 0 Å². The van der Waals surface area contributed by atoms with Crippen LogP contribution in [0.25, 0.3) is 5.69 Å². The Bertz CT molecular complexity index is 1020. The average molecular weight is 378 g/mol. The summed E-state index contributed by atoms with van der Waals surface area (Å²) in [6.07, 6.45) is 3.17. The van der Waals surface area contributed by atoms with Crippen molar-refractivity contribution in [3.05, 3.63) is 77.6 Å². The molecule has 0 aliphatic carbocycles. The van der Waals surface area contributed by atoms with Crippen molar-refractivity contribution in [2.24, 2.45) is 0 Å². The van der Waals surface area contributed by atoms with Gasteiger partial charge in [-0.05, 0) is 46.3 Å². The monoisotopic (exact) mass is 378 g/mol. The van der Waals surface area contributed by atoms with Gasteiger partial charge >= 0.3 is 0 Å². The van der Waals surface area contributed by atoms with E-state index in [4.69, 9.17) is 4.74 Å². The maximum Gasteiger partial charge on any atom is 0.278 e. The fraction of sp³-hybridized carbons (Fsp3) is 0.0556. The van der Waals surface area contributed by atoms with Crippen LogP contribution in [0.15, 0.2) is 66.4 Å². The summed E-state index contributed by atoms with van der Waals surface area (Å²) in [6.45, 7) is 0.408. The van der Waals surface area contributed by atoms with Crippen molar-refractivity contribution in [3.8, 4) is 16.6 Å². The largest absolute Gasteiger partial charge is 0.431 e. The van der Waals surface area contributed by atoms with Gasteiger partial charge in [-0.3, -0.25) is 4.79 Å². The molecule has 9 heteroatoms. The lowest BCUT2D eigenvalue weighted by Crippen LogP contribution is -2.22. The first-order chi connectivity index (χ1) is 13.3. The SMILES string of the molecule is O=C(NCc1ccc(Oc2nccs2)cc1)c1cccc(-n2cnnn2)c1. The number of nitrogens with one attached hydrogen (secondary N) is 1. The number of rotatable bonds is 6. The van der Waals surface area contributed by atoms with Crippen LogP contribution in [-0.4, -0.2) is 31.1 Å². The fourth-order valence-corrected chi connectivity index (χ4v) is 2.89. The van der Waals surface area contributed by atoms with Gasteiger partial charge in [-0.25, -0.2) is 9.67 Å². The second-order valence-electron chi connectivity index (χ2n) is 5.53. The third-order valence-corrected chi connectivity index (χ3v) is 4.36. The highest BCUT2D eigenvalue weighted by Crippen LogP contribution is 2.23. The molecule has 27 heavy (non-hydrogen) atoms. The molecule has 0 spiro atoms. The molecule has 2 aromatic carbocycles. The predicted molar refractivity (Wildman–Crippen MR) is 99.0 cm³/mol. The summed E-state index contributed by atoms with van der Waals surface area (Å²) >= 11 is 1.43. The van der Waals surface area contributed by atoms with Crippen LogP contribution in [-0.2, 0) is 6.54 Å². The maximum atomic E-state index is 12.4. The topological polar surface area (TPSA) is 94.8 Å². The number of carbonyl (C=O) groups is 1. The minimum atomic E-state index is -0.173. The lowest BCUT2D eigenvalue weighted by molar-refractivity contribution is 0.0951. The van der Waals surface area contributed by atoms with Gasteiger partial charge in [0.1, 0.15) is 12.1 Å². The molecule has 0 atom stereocenters. The van der Waals surface area contributed by atoms with E-state index in [0.29, 0.717) is 23.1 Å². The molecule has 0 aliphatic rings. The maximum absolute atomic E-state index is 12.4. The second kappa shape index (κ2) is 7.75. The molecule has 8 nitrogen and oxygen atoms in total. The Kier molecular flexibility index (Phi) is 4.84. The van der Waals surface area contributed by atoms with E-state index in [1.807, 2.05) is 35.7 Å². The highest BCUT2D eigenvalue weighted by molar-refractivity contribution is 7.11. The Morgan fingerprint density at radius 2 is 2.07 bits per heavy atom. The molecule has 2 heterocycles. The van der Waals surface area contributed by atoms with Crippen molar-refractivity contribution in [1.82, 2.24) is 30.5 Å². The van der Waals surface area contributed by atoms with E-state index in [2.05, 4.69) is 25.8 Å². The zero-order valence-electron chi connectivity index (χ0n) is 14.0. The Morgan fingerprint density at radius 3 is 2.81 bits per heavy atom. The minimum absolute atomic E-state index is 0.173. The summed E-state index contributed by atoms with van der Waals surface area (Å²) in [4.78, 5) is 16.5. The predicted octanol–water partition coefficient (Wildman–Crippen LogP) is 2.84. The first-order valence-electron chi connectivity index (χ1n) is 8.06. The third-order valence-electron chi connectivity index (χ3n) is 3.71. The van der Waals surface area contributed by atoms with E-state index in [-0.39, 0.29) is 5.91 Å². The summed E-state index contributed by atoms with van der Waals surface area (Å²) in [5, 5.41) is 16.4. The Hall–Kier alpha value is -3.59. The van der Waals surface area contributed by atoms with Gasteiger partial charge in [0.25, 0.3) is 11.1 Å². The van der Waals surface area contributed by atoms with Crippen molar-refractivity contribution in [2.75, 3.05) is 0 Å². The molecule has 0 saturated carbocycles. The summed E-state index contributed by atoms with van der Waals surface area (Å²) in [5.74, 6) is 0.530. The molecule has 134 valence electrons.